The average molecular weight is 210 g/mol. The van der Waals surface area contributed by atoms with Gasteiger partial charge in [-0.1, -0.05) is 0 Å². The van der Waals surface area contributed by atoms with Gasteiger partial charge in [-0.05, 0) is 13.8 Å². The van der Waals surface area contributed by atoms with E-state index in [2.05, 4.69) is 22.3 Å². The molecule has 4 heteroatoms. The van der Waals surface area contributed by atoms with E-state index in [1.54, 1.807) is 22.7 Å². The van der Waals surface area contributed by atoms with Crippen LogP contribution >= 0.6 is 22.7 Å². The lowest BCUT2D eigenvalue weighted by Gasteiger charge is -1.88. The van der Waals surface area contributed by atoms with Crippen LogP contribution in [-0.2, 0) is 6.42 Å². The van der Waals surface area contributed by atoms with Gasteiger partial charge < -0.3 is 0 Å². The first-order valence-electron chi connectivity index (χ1n) is 4.06. The first-order valence-corrected chi connectivity index (χ1v) is 5.76. The van der Waals surface area contributed by atoms with E-state index in [0.29, 0.717) is 0 Å². The molecule has 0 spiro atoms. The van der Waals surface area contributed by atoms with E-state index in [0.717, 1.165) is 22.1 Å². The van der Waals surface area contributed by atoms with Gasteiger partial charge in [-0.25, -0.2) is 9.97 Å². The van der Waals surface area contributed by atoms with Crippen molar-refractivity contribution >= 4 is 22.7 Å². The van der Waals surface area contributed by atoms with Crippen LogP contribution in [0.15, 0.2) is 11.6 Å². The van der Waals surface area contributed by atoms with Gasteiger partial charge in [0, 0.05) is 22.1 Å². The maximum atomic E-state index is 4.40. The Labute approximate surface area is 85.3 Å². The largest absolute Gasteiger partial charge is 0.249 e. The Morgan fingerprint density at radius 3 is 2.69 bits per heavy atom. The Morgan fingerprint density at radius 2 is 2.15 bits per heavy atom. The normalized spacial score (nSPS) is 10.6. The van der Waals surface area contributed by atoms with E-state index in [1.807, 2.05) is 13.1 Å². The molecule has 68 valence electrons. The van der Waals surface area contributed by atoms with Crippen LogP contribution in [0, 0.1) is 13.8 Å². The van der Waals surface area contributed by atoms with Crippen molar-refractivity contribution in [3.63, 3.8) is 0 Å². The zero-order valence-corrected chi connectivity index (χ0v) is 9.21. The van der Waals surface area contributed by atoms with Crippen LogP contribution in [0.4, 0.5) is 0 Å². The molecule has 13 heavy (non-hydrogen) atoms. The van der Waals surface area contributed by atoms with E-state index in [4.69, 9.17) is 0 Å². The predicted molar refractivity (Wildman–Crippen MR) is 56.5 cm³/mol. The summed E-state index contributed by atoms with van der Waals surface area (Å²) in [6.07, 6.45) is 2.80. The molecule has 2 nitrogen and oxygen atoms in total. The van der Waals surface area contributed by atoms with Gasteiger partial charge in [0.05, 0.1) is 16.4 Å². The summed E-state index contributed by atoms with van der Waals surface area (Å²) >= 11 is 3.46. The summed E-state index contributed by atoms with van der Waals surface area (Å²) in [6.45, 7) is 4.10. The second kappa shape index (κ2) is 3.55. The van der Waals surface area contributed by atoms with E-state index >= 15 is 0 Å². The molecule has 0 aromatic carbocycles. The average Bonchev–Trinajstić information content (AvgIpc) is 2.62. The fourth-order valence-electron chi connectivity index (χ4n) is 1.10. The molecule has 0 aliphatic rings. The summed E-state index contributed by atoms with van der Waals surface area (Å²) in [4.78, 5) is 9.97. The molecule has 0 fully saturated rings. The standard InChI is InChI=1S/C9H10N2S2/c1-6-5-12-9(11-6)3-8-10-4-7(2)13-8/h4-5H,3H2,1-2H3. The smallest absolute Gasteiger partial charge is 0.0996 e. The first kappa shape index (κ1) is 8.84. The highest BCUT2D eigenvalue weighted by molar-refractivity contribution is 7.12. The van der Waals surface area contributed by atoms with Crippen LogP contribution in [0.25, 0.3) is 0 Å². The topological polar surface area (TPSA) is 25.8 Å². The second-order valence-corrected chi connectivity index (χ2v) is 5.19. The highest BCUT2D eigenvalue weighted by atomic mass is 32.1. The Kier molecular flexibility index (Phi) is 2.42. The van der Waals surface area contributed by atoms with Gasteiger partial charge in [0.2, 0.25) is 0 Å². The summed E-state index contributed by atoms with van der Waals surface area (Å²) in [5, 5.41) is 4.40. The molecule has 0 saturated heterocycles. The molecule has 0 saturated carbocycles. The molecule has 0 radical (unpaired) electrons. The molecule has 0 atom stereocenters. The number of hydrogen-bond donors (Lipinski definition) is 0. The Hall–Kier alpha value is -0.740. The third-order valence-corrected chi connectivity index (χ3v) is 3.52. The van der Waals surface area contributed by atoms with Gasteiger partial charge in [-0.2, -0.15) is 0 Å². The minimum Gasteiger partial charge on any atom is -0.249 e. The summed E-state index contributed by atoms with van der Waals surface area (Å²) in [5.74, 6) is 0. The number of hydrogen-bond acceptors (Lipinski definition) is 4. The molecule has 2 heterocycles. The van der Waals surface area contributed by atoms with Crippen molar-refractivity contribution in [1.82, 2.24) is 9.97 Å². The third-order valence-electron chi connectivity index (χ3n) is 1.64. The van der Waals surface area contributed by atoms with Gasteiger partial charge >= 0.3 is 0 Å². The van der Waals surface area contributed by atoms with E-state index < -0.39 is 0 Å². The zero-order chi connectivity index (χ0) is 9.26. The Bertz CT molecular complexity index is 365. The van der Waals surface area contributed by atoms with Crippen molar-refractivity contribution in [3.8, 4) is 0 Å². The van der Waals surface area contributed by atoms with Crippen molar-refractivity contribution in [1.29, 1.82) is 0 Å². The highest BCUT2D eigenvalue weighted by Gasteiger charge is 2.03. The Morgan fingerprint density at radius 1 is 1.31 bits per heavy atom. The quantitative estimate of drug-likeness (QED) is 0.761. The molecule has 0 bridgehead atoms. The molecule has 0 amide bonds. The van der Waals surface area contributed by atoms with E-state index in [1.165, 1.54) is 4.88 Å². The molecule has 2 aromatic heterocycles. The van der Waals surface area contributed by atoms with E-state index in [-0.39, 0.29) is 0 Å². The van der Waals surface area contributed by atoms with Crippen LogP contribution in [0.5, 0.6) is 0 Å². The molecule has 0 N–H and O–H groups in total. The monoisotopic (exact) mass is 210 g/mol. The Balaban J connectivity index is 2.14. The fourth-order valence-corrected chi connectivity index (χ4v) is 2.76. The number of nitrogens with zero attached hydrogens (tertiary/aromatic N) is 2. The van der Waals surface area contributed by atoms with Gasteiger partial charge in [0.1, 0.15) is 0 Å². The van der Waals surface area contributed by atoms with Crippen LogP contribution in [-0.4, -0.2) is 9.97 Å². The summed E-state index contributed by atoms with van der Waals surface area (Å²) < 4.78 is 0. The maximum absolute atomic E-state index is 4.40. The van der Waals surface area contributed by atoms with Crippen molar-refractivity contribution in [2.75, 3.05) is 0 Å². The summed E-state index contributed by atoms with van der Waals surface area (Å²) in [6, 6.07) is 0. The lowest BCUT2D eigenvalue weighted by molar-refractivity contribution is 1.08. The van der Waals surface area contributed by atoms with Crippen LogP contribution in [0.1, 0.15) is 20.6 Å². The third kappa shape index (κ3) is 2.14. The zero-order valence-electron chi connectivity index (χ0n) is 7.57. The predicted octanol–water partition coefficient (Wildman–Crippen LogP) is 2.81. The van der Waals surface area contributed by atoms with Crippen molar-refractivity contribution < 1.29 is 0 Å². The summed E-state index contributed by atoms with van der Waals surface area (Å²) in [7, 11) is 0. The molecule has 2 rings (SSSR count). The molecule has 2 aromatic rings. The minimum absolute atomic E-state index is 0.886. The van der Waals surface area contributed by atoms with Gasteiger partial charge in [-0.3, -0.25) is 0 Å². The molecule has 0 unspecified atom stereocenters. The van der Waals surface area contributed by atoms with E-state index in [9.17, 15) is 0 Å². The SMILES string of the molecule is Cc1csc(Cc2ncc(C)s2)n1. The molecular weight excluding hydrogens is 200 g/mol. The van der Waals surface area contributed by atoms with Crippen LogP contribution < -0.4 is 0 Å². The highest BCUT2D eigenvalue weighted by Crippen LogP contribution is 2.18. The molecular formula is C9H10N2S2. The lowest BCUT2D eigenvalue weighted by Crippen LogP contribution is -1.84. The van der Waals surface area contributed by atoms with Crippen LogP contribution in [0.3, 0.4) is 0 Å². The minimum atomic E-state index is 0.886. The fraction of sp³-hybridized carbons (Fsp3) is 0.333. The maximum Gasteiger partial charge on any atom is 0.0996 e. The van der Waals surface area contributed by atoms with Gasteiger partial charge in [0.25, 0.3) is 0 Å². The number of thiazole rings is 2. The number of aromatic nitrogens is 2. The van der Waals surface area contributed by atoms with Crippen molar-refractivity contribution in [2.24, 2.45) is 0 Å². The lowest BCUT2D eigenvalue weighted by atomic mass is 10.4. The molecule has 0 aliphatic carbocycles. The number of rotatable bonds is 2. The first-order chi connectivity index (χ1) is 6.24. The summed E-state index contributed by atoms with van der Waals surface area (Å²) in [5.41, 5.74) is 1.10. The number of aryl methyl sites for hydroxylation is 2. The van der Waals surface area contributed by atoms with Crippen molar-refractivity contribution in [3.05, 3.63) is 32.2 Å². The molecule has 0 aliphatic heterocycles. The van der Waals surface area contributed by atoms with Gasteiger partial charge in [-0.15, -0.1) is 22.7 Å². The van der Waals surface area contributed by atoms with Gasteiger partial charge in [0.15, 0.2) is 0 Å². The second-order valence-electron chi connectivity index (χ2n) is 2.92. The van der Waals surface area contributed by atoms with Crippen molar-refractivity contribution in [2.45, 2.75) is 20.3 Å². The van der Waals surface area contributed by atoms with Crippen LogP contribution in [0.2, 0.25) is 0 Å².